The van der Waals surface area contributed by atoms with E-state index in [1.165, 1.54) is 6.07 Å². The van der Waals surface area contributed by atoms with Gasteiger partial charge in [-0.1, -0.05) is 38.1 Å². The number of alkyl halides is 2. The number of hydrogen-bond acceptors (Lipinski definition) is 7. The number of pyridine rings is 1. The van der Waals surface area contributed by atoms with Crippen molar-refractivity contribution in [2.45, 2.75) is 72.9 Å². The quantitative estimate of drug-likeness (QED) is 0.241. The smallest absolute Gasteiger partial charge is 0.315 e. The molecule has 0 unspecified atom stereocenters. The van der Waals surface area contributed by atoms with E-state index in [2.05, 4.69) is 44.4 Å². The number of benzene rings is 1. The molecule has 0 radical (unpaired) electrons. The summed E-state index contributed by atoms with van der Waals surface area (Å²) in [6.07, 6.45) is -1.16. The minimum atomic E-state index is -2.76. The zero-order valence-electron chi connectivity index (χ0n) is 24.0. The molecule has 5 rings (SSSR count). The highest BCUT2D eigenvalue weighted by Gasteiger charge is 2.25. The first kappa shape index (κ1) is 28.1. The summed E-state index contributed by atoms with van der Waals surface area (Å²) in [5, 5.41) is 11.1. The number of carbonyl (C=O) groups is 1. The summed E-state index contributed by atoms with van der Waals surface area (Å²) in [6.45, 7) is 13.6. The van der Waals surface area contributed by atoms with Crippen LogP contribution in [0.25, 0.3) is 33.7 Å². The monoisotopic (exact) mass is 562 g/mol. The van der Waals surface area contributed by atoms with Gasteiger partial charge in [-0.3, -0.25) is 9.48 Å². The zero-order valence-corrected chi connectivity index (χ0v) is 24.0. The number of nitrogens with zero attached hydrogens (tertiary/aromatic N) is 6. The van der Waals surface area contributed by atoms with E-state index in [-0.39, 0.29) is 29.6 Å². The molecule has 0 aliphatic carbocycles. The summed E-state index contributed by atoms with van der Waals surface area (Å²) >= 11 is 0. The van der Waals surface area contributed by atoms with Crippen molar-refractivity contribution in [1.29, 1.82) is 0 Å². The van der Waals surface area contributed by atoms with Gasteiger partial charge in [0.2, 0.25) is 0 Å². The van der Waals surface area contributed by atoms with E-state index in [1.807, 2.05) is 39.3 Å². The van der Waals surface area contributed by atoms with Crippen LogP contribution in [-0.4, -0.2) is 40.8 Å². The number of imidazole rings is 1. The number of H-pyrrole nitrogens is 1. The second-order valence-corrected chi connectivity index (χ2v) is 11.3. The van der Waals surface area contributed by atoms with Gasteiger partial charge in [0.1, 0.15) is 5.82 Å². The molecule has 2 N–H and O–H groups in total. The molecule has 0 saturated heterocycles. The van der Waals surface area contributed by atoms with E-state index in [4.69, 9.17) is 9.51 Å². The minimum absolute atomic E-state index is 0.135. The van der Waals surface area contributed by atoms with Crippen molar-refractivity contribution >= 4 is 17.1 Å². The van der Waals surface area contributed by atoms with E-state index >= 15 is 0 Å². The largest absolute Gasteiger partial charge is 0.344 e. The fourth-order valence-corrected chi connectivity index (χ4v) is 4.78. The highest BCUT2D eigenvalue weighted by molar-refractivity contribution is 5.92. The predicted molar refractivity (Wildman–Crippen MR) is 150 cm³/mol. The van der Waals surface area contributed by atoms with Crippen molar-refractivity contribution in [2.24, 2.45) is 0 Å². The van der Waals surface area contributed by atoms with Gasteiger partial charge in [0.25, 0.3) is 6.43 Å². The number of nitrogens with one attached hydrogen (secondary N) is 2. The molecular formula is C29H32F2N8O2. The number of halogens is 2. The Labute approximate surface area is 235 Å². The molecular weight excluding hydrogens is 530 g/mol. The van der Waals surface area contributed by atoms with Crippen LogP contribution in [0.3, 0.4) is 0 Å². The molecule has 1 aromatic carbocycles. The second kappa shape index (κ2) is 10.5. The highest BCUT2D eigenvalue weighted by Crippen LogP contribution is 2.34. The lowest BCUT2D eigenvalue weighted by Gasteiger charge is -2.12. The Balaban J connectivity index is 1.45. The highest BCUT2D eigenvalue weighted by atomic mass is 19.3. The molecule has 41 heavy (non-hydrogen) atoms. The summed E-state index contributed by atoms with van der Waals surface area (Å²) in [6, 6.07) is 6.69. The van der Waals surface area contributed by atoms with Gasteiger partial charge in [-0.15, -0.1) is 0 Å². The molecule has 214 valence electrons. The molecule has 0 saturated carbocycles. The van der Waals surface area contributed by atoms with Crippen LogP contribution in [0.2, 0.25) is 0 Å². The second-order valence-electron chi connectivity index (χ2n) is 11.3. The van der Waals surface area contributed by atoms with Crippen molar-refractivity contribution in [3.63, 3.8) is 0 Å². The molecule has 0 aliphatic heterocycles. The van der Waals surface area contributed by atoms with Gasteiger partial charge in [0.15, 0.2) is 11.5 Å². The third kappa shape index (κ3) is 5.33. The molecule has 10 nitrogen and oxygen atoms in total. The van der Waals surface area contributed by atoms with Gasteiger partial charge >= 0.3 is 11.8 Å². The van der Waals surface area contributed by atoms with Crippen molar-refractivity contribution in [2.75, 3.05) is 0 Å². The summed E-state index contributed by atoms with van der Waals surface area (Å²) in [5.41, 5.74) is 4.71. The van der Waals surface area contributed by atoms with Gasteiger partial charge in [-0.2, -0.15) is 10.1 Å². The lowest BCUT2D eigenvalue weighted by atomic mass is 9.96. The number of fused-ring (bicyclic) bond motifs is 1. The molecule has 0 aliphatic rings. The van der Waals surface area contributed by atoms with Gasteiger partial charge in [-0.05, 0) is 51.0 Å². The average Bonchev–Trinajstić information content (AvgIpc) is 3.63. The lowest BCUT2D eigenvalue weighted by Crippen LogP contribution is -2.24. The number of carbonyl (C=O) groups excluding carboxylic acids is 1. The van der Waals surface area contributed by atoms with Crippen molar-refractivity contribution in [3.05, 3.63) is 64.7 Å². The number of aromatic nitrogens is 7. The van der Waals surface area contributed by atoms with Crippen molar-refractivity contribution in [3.8, 4) is 22.5 Å². The van der Waals surface area contributed by atoms with Gasteiger partial charge < -0.3 is 14.8 Å². The zero-order chi connectivity index (χ0) is 29.6. The fourth-order valence-electron chi connectivity index (χ4n) is 4.78. The molecule has 0 bridgehead atoms. The first-order valence-electron chi connectivity index (χ1n) is 13.3. The maximum absolute atomic E-state index is 14.2. The third-order valence-corrected chi connectivity index (χ3v) is 6.87. The normalized spacial score (nSPS) is 12.2. The Morgan fingerprint density at radius 1 is 1.15 bits per heavy atom. The number of hydrogen-bond donors (Lipinski definition) is 2. The summed E-state index contributed by atoms with van der Waals surface area (Å²) in [7, 11) is 0. The van der Waals surface area contributed by atoms with Crippen LogP contribution >= 0.6 is 0 Å². The number of rotatable bonds is 7. The summed E-state index contributed by atoms with van der Waals surface area (Å²) in [4.78, 5) is 29.1. The average molecular weight is 563 g/mol. The predicted octanol–water partition coefficient (Wildman–Crippen LogP) is 6.23. The van der Waals surface area contributed by atoms with Crippen molar-refractivity contribution in [1.82, 2.24) is 40.2 Å². The maximum Gasteiger partial charge on any atom is 0.315 e. The number of aryl methyl sites for hydroxylation is 1. The third-order valence-electron chi connectivity index (χ3n) is 6.87. The van der Waals surface area contributed by atoms with Crippen molar-refractivity contribution < 1.29 is 18.1 Å². The first-order valence-corrected chi connectivity index (χ1v) is 13.3. The molecule has 4 aromatic heterocycles. The minimum Gasteiger partial charge on any atom is -0.344 e. The molecule has 0 spiro atoms. The van der Waals surface area contributed by atoms with Crippen LogP contribution in [0.1, 0.15) is 86.1 Å². The standard InChI is InChI=1S/C29H32F2N8O2/c1-14(2)39-16(4)21(15(3)37-39)24-34-22-19(10-11-32-25(22)35-24)17-8-9-18(20(12-17)23(30)31)13-33-26(40)27-36-28(38-41-27)29(5,6)7/h8-12,14,23H,13H2,1-7H3,(H,33,40)(H,32,34,35). The topological polar surface area (TPSA) is 127 Å². The van der Waals surface area contributed by atoms with E-state index in [0.717, 1.165) is 17.0 Å². The van der Waals surface area contributed by atoms with Gasteiger partial charge in [0.05, 0.1) is 16.8 Å². The SMILES string of the molecule is Cc1nn(C(C)C)c(C)c1-c1nc2nccc(-c3ccc(CNC(=O)c4nc(C(C)(C)C)no4)c(C(F)F)c3)c2[nH]1. The first-order chi connectivity index (χ1) is 19.3. The Hall–Kier alpha value is -4.48. The molecule has 4 heterocycles. The van der Waals surface area contributed by atoms with Crippen LogP contribution < -0.4 is 5.32 Å². The van der Waals surface area contributed by atoms with Crippen LogP contribution in [-0.2, 0) is 12.0 Å². The van der Waals surface area contributed by atoms with E-state index in [1.54, 1.807) is 24.4 Å². The van der Waals surface area contributed by atoms with E-state index in [0.29, 0.717) is 33.9 Å². The molecule has 0 fully saturated rings. The molecule has 12 heteroatoms. The molecule has 0 atom stereocenters. The van der Waals surface area contributed by atoms with Crippen LogP contribution in [0, 0.1) is 13.8 Å². The van der Waals surface area contributed by atoms with Crippen LogP contribution in [0.4, 0.5) is 8.78 Å². The lowest BCUT2D eigenvalue weighted by molar-refractivity contribution is 0.0905. The Morgan fingerprint density at radius 2 is 1.90 bits per heavy atom. The van der Waals surface area contributed by atoms with Crippen LogP contribution in [0.15, 0.2) is 35.0 Å². The molecule has 1 amide bonds. The summed E-state index contributed by atoms with van der Waals surface area (Å²) in [5.74, 6) is 0.143. The number of aromatic amines is 1. The maximum atomic E-state index is 14.2. The Kier molecular flexibility index (Phi) is 7.18. The van der Waals surface area contributed by atoms with E-state index < -0.39 is 17.7 Å². The number of amides is 1. The fraction of sp³-hybridized carbons (Fsp3) is 0.379. The molecule has 5 aromatic rings. The van der Waals surface area contributed by atoms with Gasteiger partial charge in [-0.25, -0.2) is 18.7 Å². The van der Waals surface area contributed by atoms with Crippen LogP contribution in [0.5, 0.6) is 0 Å². The van der Waals surface area contributed by atoms with E-state index in [9.17, 15) is 13.6 Å². The van der Waals surface area contributed by atoms with Gasteiger partial charge in [0, 0.05) is 41.0 Å². The summed E-state index contributed by atoms with van der Waals surface area (Å²) < 4.78 is 35.4. The Bertz CT molecular complexity index is 1740. The Morgan fingerprint density at radius 3 is 2.54 bits per heavy atom.